The van der Waals surface area contributed by atoms with Crippen LogP contribution >= 0.6 is 44.7 Å². The lowest BCUT2D eigenvalue weighted by molar-refractivity contribution is -0.117. The van der Waals surface area contributed by atoms with E-state index in [9.17, 15) is 4.79 Å². The highest BCUT2D eigenvalue weighted by Crippen LogP contribution is 2.52. The van der Waals surface area contributed by atoms with Crippen molar-refractivity contribution in [2.24, 2.45) is 0 Å². The monoisotopic (exact) mass is 456 g/mol. The second-order valence-electron chi connectivity index (χ2n) is 7.20. The Balaban J connectivity index is 1.49. The molecule has 4 aromatic rings. The Morgan fingerprint density at radius 3 is 2.76 bits per heavy atom. The molecule has 2 aromatic carbocycles. The molecular formula is C21H16N2O2S4. The first-order valence-corrected chi connectivity index (χ1v) is 12.6. The lowest BCUT2D eigenvalue weighted by Gasteiger charge is -2.42. The third kappa shape index (κ3) is 3.06. The van der Waals surface area contributed by atoms with Gasteiger partial charge in [0.05, 0.1) is 21.9 Å². The lowest BCUT2D eigenvalue weighted by atomic mass is 9.87. The average Bonchev–Trinajstić information content (AvgIpc) is 3.30. The number of rotatable bonds is 3. The molecule has 4 nitrogen and oxygen atoms in total. The van der Waals surface area contributed by atoms with E-state index < -0.39 is 5.54 Å². The number of para-hydroxylation sites is 3. The van der Waals surface area contributed by atoms with Gasteiger partial charge in [-0.1, -0.05) is 75.0 Å². The van der Waals surface area contributed by atoms with Gasteiger partial charge in [0, 0.05) is 11.1 Å². The summed E-state index contributed by atoms with van der Waals surface area (Å²) >= 11 is 6.93. The van der Waals surface area contributed by atoms with Crippen molar-refractivity contribution < 1.29 is 9.21 Å². The Morgan fingerprint density at radius 2 is 1.93 bits per heavy atom. The molecule has 0 spiro atoms. The summed E-state index contributed by atoms with van der Waals surface area (Å²) in [4.78, 5) is 20.9. The second kappa shape index (κ2) is 7.05. The highest BCUT2D eigenvalue weighted by atomic mass is 32.9. The molecule has 0 fully saturated rings. The van der Waals surface area contributed by atoms with Crippen molar-refractivity contribution in [1.29, 1.82) is 0 Å². The summed E-state index contributed by atoms with van der Waals surface area (Å²) < 4.78 is 6.65. The molecule has 1 aliphatic rings. The van der Waals surface area contributed by atoms with Crippen LogP contribution in [0.5, 0.6) is 0 Å². The third-order valence-electron chi connectivity index (χ3n) is 5.00. The molecule has 0 aliphatic carbocycles. The molecule has 0 N–H and O–H groups in total. The van der Waals surface area contributed by atoms with Gasteiger partial charge in [0.2, 0.25) is 5.91 Å². The molecule has 0 bridgehead atoms. The van der Waals surface area contributed by atoms with Crippen LogP contribution in [0.25, 0.3) is 22.2 Å². The molecule has 0 saturated heterocycles. The van der Waals surface area contributed by atoms with E-state index in [1.807, 2.05) is 53.4 Å². The minimum Gasteiger partial charge on any atom is -0.431 e. The zero-order valence-corrected chi connectivity index (χ0v) is 18.9. The van der Waals surface area contributed by atoms with Gasteiger partial charge in [0.1, 0.15) is 9.34 Å². The fraction of sp³-hybridized carbons (Fsp3) is 0.190. The molecule has 1 amide bonds. The molecule has 146 valence electrons. The average molecular weight is 457 g/mol. The first-order valence-electron chi connectivity index (χ1n) is 9.01. The summed E-state index contributed by atoms with van der Waals surface area (Å²) in [6.07, 6.45) is 0. The maximum absolute atomic E-state index is 13.4. The number of fused-ring (bicyclic) bond motifs is 4. The lowest BCUT2D eigenvalue weighted by Crippen LogP contribution is -2.48. The van der Waals surface area contributed by atoms with E-state index in [-0.39, 0.29) is 11.7 Å². The van der Waals surface area contributed by atoms with Crippen molar-refractivity contribution >= 4 is 67.4 Å². The SMILES string of the molecule is CC1(C)c2ssc(=S)c2-c2ccccc2N1C(=O)CSc1nc2ccccc2o1. The van der Waals surface area contributed by atoms with Crippen LogP contribution in [0.1, 0.15) is 18.7 Å². The number of amides is 1. The minimum absolute atomic E-state index is 0.0182. The Bertz CT molecular complexity index is 1270. The number of hydrogen-bond acceptors (Lipinski definition) is 7. The first-order chi connectivity index (χ1) is 14.0. The van der Waals surface area contributed by atoms with Gasteiger partial charge in [-0.3, -0.25) is 4.79 Å². The summed E-state index contributed by atoms with van der Waals surface area (Å²) in [5.41, 5.74) is 4.10. The summed E-state index contributed by atoms with van der Waals surface area (Å²) in [6, 6.07) is 15.6. The standard InChI is InChI=1S/C21H16N2O2S4/c1-21(2)18-17(19(26)29-28-18)12-7-3-5-9-14(12)23(21)16(24)11-27-20-22-13-8-4-6-10-15(13)25-20/h3-10H,11H2,1-2H3. The van der Waals surface area contributed by atoms with Gasteiger partial charge >= 0.3 is 0 Å². The van der Waals surface area contributed by atoms with Gasteiger partial charge in [-0.15, -0.1) is 0 Å². The van der Waals surface area contributed by atoms with Crippen LogP contribution in [0.15, 0.2) is 58.2 Å². The minimum atomic E-state index is -0.471. The number of oxazole rings is 1. The zero-order valence-electron chi connectivity index (χ0n) is 15.7. The van der Waals surface area contributed by atoms with Gasteiger partial charge in [0.25, 0.3) is 5.22 Å². The van der Waals surface area contributed by atoms with Crippen molar-refractivity contribution in [3.05, 3.63) is 57.2 Å². The van der Waals surface area contributed by atoms with E-state index in [1.54, 1.807) is 20.7 Å². The molecule has 1 aliphatic heterocycles. The van der Waals surface area contributed by atoms with Crippen LogP contribution < -0.4 is 4.90 Å². The van der Waals surface area contributed by atoms with Crippen molar-refractivity contribution in [2.75, 3.05) is 10.7 Å². The fourth-order valence-corrected chi connectivity index (χ4v) is 7.69. The van der Waals surface area contributed by atoms with E-state index >= 15 is 0 Å². The van der Waals surface area contributed by atoms with Gasteiger partial charge in [-0.05, 0) is 32.0 Å². The molecule has 8 heteroatoms. The number of benzene rings is 2. The number of aromatic nitrogens is 1. The number of carbonyl (C=O) groups is 1. The quantitative estimate of drug-likeness (QED) is 0.194. The van der Waals surface area contributed by atoms with Crippen LogP contribution in [0.4, 0.5) is 5.69 Å². The molecule has 29 heavy (non-hydrogen) atoms. The van der Waals surface area contributed by atoms with E-state index in [2.05, 4.69) is 18.8 Å². The summed E-state index contributed by atoms with van der Waals surface area (Å²) in [6.45, 7) is 4.17. The van der Waals surface area contributed by atoms with Crippen LogP contribution in [0.3, 0.4) is 0 Å². The molecule has 3 heterocycles. The first kappa shape index (κ1) is 19.0. The van der Waals surface area contributed by atoms with Gasteiger partial charge < -0.3 is 9.32 Å². The largest absolute Gasteiger partial charge is 0.431 e. The van der Waals surface area contributed by atoms with E-state index in [0.29, 0.717) is 5.22 Å². The van der Waals surface area contributed by atoms with E-state index in [0.717, 1.165) is 36.6 Å². The smallest absolute Gasteiger partial charge is 0.257 e. The molecule has 0 saturated carbocycles. The molecule has 0 atom stereocenters. The number of carbonyl (C=O) groups excluding carboxylic acids is 1. The maximum Gasteiger partial charge on any atom is 0.257 e. The Morgan fingerprint density at radius 1 is 1.17 bits per heavy atom. The molecule has 0 radical (unpaired) electrons. The topological polar surface area (TPSA) is 46.3 Å². The van der Waals surface area contributed by atoms with Crippen molar-refractivity contribution in [1.82, 2.24) is 4.98 Å². The Labute approximate surface area is 184 Å². The molecule has 2 aromatic heterocycles. The van der Waals surface area contributed by atoms with Gasteiger partial charge in [-0.25, -0.2) is 4.98 Å². The predicted octanol–water partition coefficient (Wildman–Crippen LogP) is 6.72. The van der Waals surface area contributed by atoms with Crippen LogP contribution in [-0.2, 0) is 10.3 Å². The Hall–Kier alpha value is -2.00. The molecular weight excluding hydrogens is 441 g/mol. The van der Waals surface area contributed by atoms with Gasteiger partial charge in [-0.2, -0.15) is 0 Å². The molecule has 0 unspecified atom stereocenters. The highest BCUT2D eigenvalue weighted by molar-refractivity contribution is 7.99. The summed E-state index contributed by atoms with van der Waals surface area (Å²) in [5.74, 6) is 0.264. The van der Waals surface area contributed by atoms with E-state index in [4.69, 9.17) is 16.6 Å². The molecule has 5 rings (SSSR count). The van der Waals surface area contributed by atoms with Crippen LogP contribution in [0, 0.1) is 3.82 Å². The Kier molecular flexibility index (Phi) is 4.62. The summed E-state index contributed by atoms with van der Waals surface area (Å²) in [5, 5.41) is 0.509. The number of thioether (sulfide) groups is 1. The maximum atomic E-state index is 13.4. The zero-order chi connectivity index (χ0) is 20.2. The van der Waals surface area contributed by atoms with Crippen molar-refractivity contribution in [3.8, 4) is 11.1 Å². The van der Waals surface area contributed by atoms with Crippen LogP contribution in [0.2, 0.25) is 0 Å². The number of nitrogens with zero attached hydrogens (tertiary/aromatic N) is 2. The third-order valence-corrected chi connectivity index (χ3v) is 9.15. The highest BCUT2D eigenvalue weighted by Gasteiger charge is 2.42. The van der Waals surface area contributed by atoms with E-state index in [1.165, 1.54) is 11.8 Å². The second-order valence-corrected chi connectivity index (χ2v) is 10.9. The summed E-state index contributed by atoms with van der Waals surface area (Å²) in [7, 11) is 3.27. The van der Waals surface area contributed by atoms with Crippen molar-refractivity contribution in [2.45, 2.75) is 24.6 Å². The number of hydrogen-bond donors (Lipinski definition) is 0. The van der Waals surface area contributed by atoms with Gasteiger partial charge in [0.15, 0.2) is 5.58 Å². The normalized spacial score (nSPS) is 14.6. The number of anilines is 1. The predicted molar refractivity (Wildman–Crippen MR) is 124 cm³/mol. The van der Waals surface area contributed by atoms with Crippen LogP contribution in [-0.4, -0.2) is 16.6 Å². The van der Waals surface area contributed by atoms with Crippen molar-refractivity contribution in [3.63, 3.8) is 0 Å². The fourth-order valence-electron chi connectivity index (χ4n) is 3.73.